The number of amides is 2. The molecule has 5 unspecified atom stereocenters. The first-order chi connectivity index (χ1) is 25.2. The van der Waals surface area contributed by atoms with Crippen molar-refractivity contribution in [1.82, 2.24) is 10.3 Å². The lowest BCUT2D eigenvalue weighted by Crippen LogP contribution is -2.48. The third-order valence-electron chi connectivity index (χ3n) is 10.5. The summed E-state index contributed by atoms with van der Waals surface area (Å²) in [5.74, 6) is -8.35. The molecule has 4 N–H and O–H groups in total. The summed E-state index contributed by atoms with van der Waals surface area (Å²) < 4.78 is 139. The van der Waals surface area contributed by atoms with E-state index < -0.39 is 108 Å². The van der Waals surface area contributed by atoms with E-state index in [1.165, 1.54) is 19.4 Å². The van der Waals surface area contributed by atoms with Crippen LogP contribution in [0.15, 0.2) is 47.3 Å². The molecule has 1 aliphatic heterocycles. The number of alkyl halides is 9. The molecule has 2 aromatic rings. The zero-order valence-corrected chi connectivity index (χ0v) is 27.9. The van der Waals surface area contributed by atoms with Gasteiger partial charge in [0, 0.05) is 41.7 Å². The van der Waals surface area contributed by atoms with Gasteiger partial charge in [0.15, 0.2) is 12.2 Å². The number of fused-ring (bicyclic) bond motifs is 3. The molecule has 4 aliphatic rings. The molecule has 294 valence electrons. The predicted octanol–water partition coefficient (Wildman–Crippen LogP) is 5.93. The van der Waals surface area contributed by atoms with Gasteiger partial charge in [-0.25, -0.2) is 9.37 Å². The van der Waals surface area contributed by atoms with Crippen molar-refractivity contribution < 1.29 is 73.3 Å². The third kappa shape index (κ3) is 7.58. The van der Waals surface area contributed by atoms with Crippen molar-refractivity contribution in [2.45, 2.75) is 75.0 Å². The third-order valence-corrected chi connectivity index (χ3v) is 10.5. The highest BCUT2D eigenvalue weighted by molar-refractivity contribution is 6.06. The molecule has 6 rings (SSSR count). The monoisotopic (exact) mass is 782 g/mol. The normalized spacial score (nSPS) is 28.4. The Morgan fingerprint density at radius 1 is 1.00 bits per heavy atom. The SMILES string of the molecule is COc1ncc(C2=NOC3CC(C(O)C(F)(F)F)CC23)cc1C(=O)N[C@H]1[C@@H](C(=O)Nc2ccc(F)c(C(F)(F)F)c2)[C@H]2CC[C@@H]1/C2=C\CC(O)C(F)(F)F. The number of methoxy groups -OCH3 is 1. The summed E-state index contributed by atoms with van der Waals surface area (Å²) >= 11 is 0. The van der Waals surface area contributed by atoms with Crippen LogP contribution >= 0.6 is 0 Å². The maximum Gasteiger partial charge on any atom is 0.419 e. The van der Waals surface area contributed by atoms with E-state index in [0.29, 0.717) is 17.7 Å². The number of pyridine rings is 1. The first kappa shape index (κ1) is 39.2. The molecule has 0 spiro atoms. The highest BCUT2D eigenvalue weighted by atomic mass is 19.4. The number of ether oxygens (including phenoxy) is 1. The van der Waals surface area contributed by atoms with Crippen molar-refractivity contribution in [3.63, 3.8) is 0 Å². The average molecular weight is 783 g/mol. The van der Waals surface area contributed by atoms with Crippen LogP contribution < -0.4 is 15.4 Å². The van der Waals surface area contributed by atoms with Gasteiger partial charge in [0.05, 0.1) is 24.3 Å². The molecule has 2 heterocycles. The van der Waals surface area contributed by atoms with Crippen molar-refractivity contribution in [2.24, 2.45) is 34.7 Å². The number of oxime groups is 1. The Hall–Kier alpha value is -4.46. The fourth-order valence-corrected chi connectivity index (χ4v) is 8.08. The molecule has 9 atom stereocenters. The Morgan fingerprint density at radius 3 is 2.35 bits per heavy atom. The molecule has 3 aliphatic carbocycles. The van der Waals surface area contributed by atoms with E-state index in [-0.39, 0.29) is 48.4 Å². The van der Waals surface area contributed by atoms with Gasteiger partial charge in [0.1, 0.15) is 17.5 Å². The first-order valence-corrected chi connectivity index (χ1v) is 16.6. The number of aromatic nitrogens is 1. The second kappa shape index (κ2) is 14.3. The van der Waals surface area contributed by atoms with Crippen LogP contribution in [0.4, 0.5) is 49.6 Å². The second-order valence-corrected chi connectivity index (χ2v) is 13.7. The number of hydrogen-bond acceptors (Lipinski definition) is 8. The van der Waals surface area contributed by atoms with Gasteiger partial charge in [-0.2, -0.15) is 39.5 Å². The van der Waals surface area contributed by atoms with Gasteiger partial charge in [-0.05, 0) is 61.8 Å². The van der Waals surface area contributed by atoms with Crippen LogP contribution in [0.3, 0.4) is 0 Å². The zero-order chi connectivity index (χ0) is 39.5. The number of halogens is 10. The van der Waals surface area contributed by atoms with Gasteiger partial charge in [0.2, 0.25) is 11.8 Å². The molecular weight excluding hydrogens is 750 g/mol. The zero-order valence-electron chi connectivity index (χ0n) is 27.9. The van der Waals surface area contributed by atoms with E-state index in [9.17, 15) is 63.7 Å². The quantitative estimate of drug-likeness (QED) is 0.183. The van der Waals surface area contributed by atoms with Gasteiger partial charge >= 0.3 is 18.5 Å². The van der Waals surface area contributed by atoms with E-state index in [0.717, 1.165) is 12.1 Å². The number of anilines is 1. The summed E-state index contributed by atoms with van der Waals surface area (Å²) in [6.07, 6.45) is -19.3. The molecule has 1 aromatic heterocycles. The highest BCUT2D eigenvalue weighted by Crippen LogP contribution is 2.53. The molecule has 1 aromatic carbocycles. The van der Waals surface area contributed by atoms with Crippen molar-refractivity contribution in [3.8, 4) is 5.88 Å². The fraction of sp³-hybridized carbons (Fsp3) is 0.529. The van der Waals surface area contributed by atoms with Crippen LogP contribution in [-0.4, -0.2) is 76.5 Å². The van der Waals surface area contributed by atoms with Crippen LogP contribution in [0.25, 0.3) is 0 Å². The topological polar surface area (TPSA) is 142 Å². The number of rotatable bonds is 9. The molecule has 20 heteroatoms. The standard InChI is InChI=1S/C34H32F10N4O6/c1-53-31-20(9-14(12-45-31)26-19-8-13(10-23(19)54-48-26)28(50)34(42,43)44)29(51)47-27-18-4-3-17(16(18)5-7-24(49)33(39,40)41)25(27)30(52)46-15-2-6-22(35)21(11-15)32(36,37)38/h2,5-6,9,11-13,17-19,23-25,27-28,49-50H,3-4,7-8,10H2,1H3,(H,46,52)(H,47,51)/b16-5-/t13?,17-,18+,19?,23?,24?,25-,27+,28?/m0/s1. The van der Waals surface area contributed by atoms with Crippen LogP contribution in [0.2, 0.25) is 0 Å². The maximum atomic E-state index is 14.0. The molecule has 0 saturated heterocycles. The van der Waals surface area contributed by atoms with Crippen molar-refractivity contribution in [2.75, 3.05) is 12.4 Å². The summed E-state index contributed by atoms with van der Waals surface area (Å²) in [6.45, 7) is 0. The summed E-state index contributed by atoms with van der Waals surface area (Å²) in [7, 11) is 1.18. The molecule has 3 saturated carbocycles. The Bertz CT molecular complexity index is 1850. The number of aliphatic hydroxyl groups is 2. The highest BCUT2D eigenvalue weighted by Gasteiger charge is 2.55. The van der Waals surface area contributed by atoms with E-state index in [1.807, 2.05) is 0 Å². The second-order valence-electron chi connectivity index (χ2n) is 13.7. The lowest BCUT2D eigenvalue weighted by molar-refractivity contribution is -0.219. The Labute approximate surface area is 299 Å². The summed E-state index contributed by atoms with van der Waals surface area (Å²) in [5, 5.41) is 28.5. The predicted molar refractivity (Wildman–Crippen MR) is 166 cm³/mol. The van der Waals surface area contributed by atoms with E-state index in [1.54, 1.807) is 0 Å². The molecule has 3 fully saturated rings. The summed E-state index contributed by atoms with van der Waals surface area (Å²) in [6, 6.07) is 1.88. The minimum atomic E-state index is -5.11. The average Bonchev–Trinajstić information content (AvgIpc) is 3.85. The fourth-order valence-electron chi connectivity index (χ4n) is 8.08. The number of aliphatic hydroxyl groups excluding tert-OH is 2. The minimum Gasteiger partial charge on any atom is -0.480 e. The molecule has 10 nitrogen and oxygen atoms in total. The van der Waals surface area contributed by atoms with Crippen LogP contribution in [0.5, 0.6) is 5.88 Å². The lowest BCUT2D eigenvalue weighted by Gasteiger charge is -2.30. The molecule has 54 heavy (non-hydrogen) atoms. The van der Waals surface area contributed by atoms with Gasteiger partial charge < -0.3 is 30.4 Å². The number of carbonyl (C=O) groups excluding carboxylic acids is 2. The van der Waals surface area contributed by atoms with E-state index in [4.69, 9.17) is 9.57 Å². The Balaban J connectivity index is 1.28. The number of carbonyl (C=O) groups is 2. The van der Waals surface area contributed by atoms with Gasteiger partial charge in [-0.1, -0.05) is 16.8 Å². The van der Waals surface area contributed by atoms with Gasteiger partial charge in [-0.15, -0.1) is 0 Å². The van der Waals surface area contributed by atoms with E-state index >= 15 is 0 Å². The first-order valence-electron chi connectivity index (χ1n) is 16.6. The van der Waals surface area contributed by atoms with Crippen LogP contribution in [0, 0.1) is 35.4 Å². The molecule has 0 radical (unpaired) electrons. The van der Waals surface area contributed by atoms with Crippen LogP contribution in [0.1, 0.15) is 53.6 Å². The van der Waals surface area contributed by atoms with Crippen molar-refractivity contribution in [1.29, 1.82) is 0 Å². The Morgan fingerprint density at radius 2 is 1.70 bits per heavy atom. The van der Waals surface area contributed by atoms with E-state index in [2.05, 4.69) is 20.8 Å². The molecule has 2 bridgehead atoms. The van der Waals surface area contributed by atoms with Crippen molar-refractivity contribution in [3.05, 3.63) is 64.6 Å². The minimum absolute atomic E-state index is 0.143. The largest absolute Gasteiger partial charge is 0.480 e. The maximum absolute atomic E-state index is 14.0. The molecule has 2 amide bonds. The Kier molecular flexibility index (Phi) is 10.4. The summed E-state index contributed by atoms with van der Waals surface area (Å²) in [5.41, 5.74) is -1.70. The lowest BCUT2D eigenvalue weighted by atomic mass is 9.83. The van der Waals surface area contributed by atoms with Gasteiger partial charge in [0.25, 0.3) is 5.91 Å². The van der Waals surface area contributed by atoms with Crippen LogP contribution in [-0.2, 0) is 15.8 Å². The smallest absolute Gasteiger partial charge is 0.419 e. The number of benzene rings is 1. The number of hydrogen-bond donors (Lipinski definition) is 4. The number of nitrogens with zero attached hydrogens (tertiary/aromatic N) is 2. The summed E-state index contributed by atoms with van der Waals surface area (Å²) in [4.78, 5) is 37.2. The van der Waals surface area contributed by atoms with Crippen molar-refractivity contribution >= 4 is 23.2 Å². The van der Waals surface area contributed by atoms with Gasteiger partial charge in [-0.3, -0.25) is 9.59 Å². The molecular formula is C34H32F10N4O6. The number of nitrogens with one attached hydrogen (secondary N) is 2.